The summed E-state index contributed by atoms with van der Waals surface area (Å²) in [6.07, 6.45) is 0. The molecule has 0 aliphatic heterocycles. The van der Waals surface area contributed by atoms with Gasteiger partial charge in [-0.1, -0.05) is 40.2 Å². The molecule has 2 aromatic carbocycles. The number of carbonyl (C=O) groups is 1. The number of benzene rings is 2. The lowest BCUT2D eigenvalue weighted by Gasteiger charge is -2.08. The first-order chi connectivity index (χ1) is 9.58. The van der Waals surface area contributed by atoms with Crippen LogP contribution in [0.2, 0.25) is 0 Å². The summed E-state index contributed by atoms with van der Waals surface area (Å²) in [6.45, 7) is 2.46. The number of aryl methyl sites for hydroxylation is 1. The summed E-state index contributed by atoms with van der Waals surface area (Å²) >= 11 is 9.20. The van der Waals surface area contributed by atoms with E-state index in [1.807, 2.05) is 49.4 Å². The molecule has 0 aromatic heterocycles. The van der Waals surface area contributed by atoms with Crippen molar-refractivity contribution in [3.63, 3.8) is 0 Å². The first-order valence-corrected chi connectivity index (χ1v) is 7.60. The van der Waals surface area contributed by atoms with Crippen molar-refractivity contribution in [2.24, 2.45) is 0 Å². The Morgan fingerprint density at radius 1 is 1.20 bits per heavy atom. The van der Waals surface area contributed by atoms with Crippen molar-refractivity contribution in [2.75, 3.05) is 0 Å². The average molecular weight is 353 g/mol. The SMILES string of the molecule is Cc1cc(Br)cc(C(=O)NCc2cccc(CCl)c2)c1. The van der Waals surface area contributed by atoms with Gasteiger partial charge < -0.3 is 5.32 Å². The van der Waals surface area contributed by atoms with E-state index in [-0.39, 0.29) is 5.91 Å². The Morgan fingerprint density at radius 2 is 1.95 bits per heavy atom. The van der Waals surface area contributed by atoms with Crippen LogP contribution in [0.5, 0.6) is 0 Å². The highest BCUT2D eigenvalue weighted by Crippen LogP contribution is 2.15. The van der Waals surface area contributed by atoms with Crippen LogP contribution in [-0.2, 0) is 12.4 Å². The molecule has 0 aliphatic carbocycles. The molecule has 0 saturated heterocycles. The fraction of sp³-hybridized carbons (Fsp3) is 0.188. The van der Waals surface area contributed by atoms with Crippen molar-refractivity contribution in [3.8, 4) is 0 Å². The predicted octanol–water partition coefficient (Wildman–Crippen LogP) is 4.43. The Balaban J connectivity index is 2.04. The Kier molecular flexibility index (Phi) is 5.21. The second-order valence-electron chi connectivity index (χ2n) is 4.65. The van der Waals surface area contributed by atoms with Crippen LogP contribution in [0.4, 0.5) is 0 Å². The highest BCUT2D eigenvalue weighted by molar-refractivity contribution is 9.10. The zero-order valence-corrected chi connectivity index (χ0v) is 13.5. The van der Waals surface area contributed by atoms with E-state index >= 15 is 0 Å². The highest BCUT2D eigenvalue weighted by atomic mass is 79.9. The predicted molar refractivity (Wildman–Crippen MR) is 86.0 cm³/mol. The van der Waals surface area contributed by atoms with Crippen LogP contribution in [0.15, 0.2) is 46.9 Å². The molecule has 0 fully saturated rings. The topological polar surface area (TPSA) is 29.1 Å². The maximum absolute atomic E-state index is 12.1. The van der Waals surface area contributed by atoms with Crippen molar-refractivity contribution < 1.29 is 4.79 Å². The molecule has 4 heteroatoms. The quantitative estimate of drug-likeness (QED) is 0.811. The molecule has 0 atom stereocenters. The second kappa shape index (κ2) is 6.91. The minimum Gasteiger partial charge on any atom is -0.348 e. The van der Waals surface area contributed by atoms with Crippen LogP contribution >= 0.6 is 27.5 Å². The number of alkyl halides is 1. The van der Waals surface area contributed by atoms with Gasteiger partial charge in [0.25, 0.3) is 5.91 Å². The lowest BCUT2D eigenvalue weighted by Crippen LogP contribution is -2.22. The largest absolute Gasteiger partial charge is 0.348 e. The molecule has 0 aliphatic rings. The van der Waals surface area contributed by atoms with Crippen LogP contribution in [0.25, 0.3) is 0 Å². The molecule has 2 rings (SSSR count). The van der Waals surface area contributed by atoms with Gasteiger partial charge in [0, 0.05) is 22.5 Å². The number of carbonyl (C=O) groups excluding carboxylic acids is 1. The fourth-order valence-electron chi connectivity index (χ4n) is 1.97. The first-order valence-electron chi connectivity index (χ1n) is 6.27. The van der Waals surface area contributed by atoms with E-state index in [4.69, 9.17) is 11.6 Å². The van der Waals surface area contributed by atoms with Crippen LogP contribution in [0.1, 0.15) is 27.0 Å². The standard InChI is InChI=1S/C16H15BrClNO/c1-11-5-14(8-15(17)6-11)16(20)19-10-13-4-2-3-12(7-13)9-18/h2-8H,9-10H2,1H3,(H,19,20). The van der Waals surface area contributed by atoms with Crippen molar-refractivity contribution in [1.29, 1.82) is 0 Å². The molecule has 0 heterocycles. The van der Waals surface area contributed by atoms with E-state index in [1.54, 1.807) is 0 Å². The number of hydrogen-bond acceptors (Lipinski definition) is 1. The van der Waals surface area contributed by atoms with Gasteiger partial charge in [0.05, 0.1) is 0 Å². The summed E-state index contributed by atoms with van der Waals surface area (Å²) in [6, 6.07) is 13.5. The van der Waals surface area contributed by atoms with E-state index in [0.29, 0.717) is 18.0 Å². The third-order valence-corrected chi connectivity index (χ3v) is 3.67. The number of rotatable bonds is 4. The molecular weight excluding hydrogens is 338 g/mol. The Labute approximate surface area is 132 Å². The maximum Gasteiger partial charge on any atom is 0.251 e. The Morgan fingerprint density at radius 3 is 2.65 bits per heavy atom. The summed E-state index contributed by atoms with van der Waals surface area (Å²) in [7, 11) is 0. The molecule has 104 valence electrons. The summed E-state index contributed by atoms with van der Waals surface area (Å²) in [4.78, 5) is 12.1. The minimum absolute atomic E-state index is 0.0781. The van der Waals surface area contributed by atoms with E-state index in [0.717, 1.165) is 21.2 Å². The Hall–Kier alpha value is -1.32. The number of hydrogen-bond donors (Lipinski definition) is 1. The van der Waals surface area contributed by atoms with Gasteiger partial charge in [-0.25, -0.2) is 0 Å². The van der Waals surface area contributed by atoms with E-state index in [1.165, 1.54) is 0 Å². The molecule has 1 N–H and O–H groups in total. The fourth-order valence-corrected chi connectivity index (χ4v) is 2.75. The molecule has 0 spiro atoms. The van der Waals surface area contributed by atoms with Gasteiger partial charge >= 0.3 is 0 Å². The minimum atomic E-state index is -0.0781. The van der Waals surface area contributed by atoms with Crippen LogP contribution in [0, 0.1) is 6.92 Å². The van der Waals surface area contributed by atoms with Crippen LogP contribution in [-0.4, -0.2) is 5.91 Å². The first kappa shape index (κ1) is 15.1. The monoisotopic (exact) mass is 351 g/mol. The van der Waals surface area contributed by atoms with Gasteiger partial charge in [-0.2, -0.15) is 0 Å². The number of amides is 1. The number of halogens is 2. The highest BCUT2D eigenvalue weighted by Gasteiger charge is 2.07. The third-order valence-electron chi connectivity index (χ3n) is 2.90. The van der Waals surface area contributed by atoms with E-state index < -0.39 is 0 Å². The molecule has 1 amide bonds. The summed E-state index contributed by atoms with van der Waals surface area (Å²) in [5.41, 5.74) is 3.80. The Bertz CT molecular complexity index is 607. The smallest absolute Gasteiger partial charge is 0.251 e. The average Bonchev–Trinajstić information content (AvgIpc) is 2.44. The van der Waals surface area contributed by atoms with Crippen molar-refractivity contribution in [1.82, 2.24) is 5.32 Å². The van der Waals surface area contributed by atoms with Gasteiger partial charge in [0.2, 0.25) is 0 Å². The molecule has 20 heavy (non-hydrogen) atoms. The number of nitrogens with one attached hydrogen (secondary N) is 1. The molecule has 2 aromatic rings. The van der Waals surface area contributed by atoms with Gasteiger partial charge in [0.1, 0.15) is 0 Å². The normalized spacial score (nSPS) is 10.3. The second-order valence-corrected chi connectivity index (χ2v) is 5.84. The van der Waals surface area contributed by atoms with Crippen LogP contribution in [0.3, 0.4) is 0 Å². The van der Waals surface area contributed by atoms with E-state index in [2.05, 4.69) is 21.2 Å². The van der Waals surface area contributed by atoms with Crippen molar-refractivity contribution in [3.05, 3.63) is 69.2 Å². The van der Waals surface area contributed by atoms with Gasteiger partial charge in [-0.3, -0.25) is 4.79 Å². The molecule has 0 unspecified atom stereocenters. The summed E-state index contributed by atoms with van der Waals surface area (Å²) in [5.74, 6) is 0.401. The summed E-state index contributed by atoms with van der Waals surface area (Å²) in [5, 5.41) is 2.92. The van der Waals surface area contributed by atoms with Crippen molar-refractivity contribution in [2.45, 2.75) is 19.3 Å². The van der Waals surface area contributed by atoms with Crippen molar-refractivity contribution >= 4 is 33.4 Å². The summed E-state index contributed by atoms with van der Waals surface area (Å²) < 4.78 is 0.909. The zero-order valence-electron chi connectivity index (χ0n) is 11.1. The lowest BCUT2D eigenvalue weighted by atomic mass is 10.1. The van der Waals surface area contributed by atoms with Gasteiger partial charge in [0.15, 0.2) is 0 Å². The van der Waals surface area contributed by atoms with E-state index in [9.17, 15) is 4.79 Å². The molecular formula is C16H15BrClNO. The molecule has 0 saturated carbocycles. The third kappa shape index (κ3) is 4.09. The van der Waals surface area contributed by atoms with Crippen LogP contribution < -0.4 is 5.32 Å². The molecule has 0 bridgehead atoms. The molecule has 2 nitrogen and oxygen atoms in total. The molecule has 0 radical (unpaired) electrons. The zero-order chi connectivity index (χ0) is 14.5. The van der Waals surface area contributed by atoms with Gasteiger partial charge in [-0.15, -0.1) is 11.6 Å². The lowest BCUT2D eigenvalue weighted by molar-refractivity contribution is 0.0950. The van der Waals surface area contributed by atoms with Gasteiger partial charge in [-0.05, 0) is 41.8 Å². The maximum atomic E-state index is 12.1.